The van der Waals surface area contributed by atoms with Crippen molar-refractivity contribution in [2.75, 3.05) is 14.2 Å². The molecule has 0 N–H and O–H groups in total. The van der Waals surface area contributed by atoms with E-state index in [0.29, 0.717) is 17.5 Å². The number of nitrogens with zero attached hydrogens (tertiary/aromatic N) is 1. The zero-order chi connectivity index (χ0) is 14.8. The van der Waals surface area contributed by atoms with Gasteiger partial charge in [0.2, 0.25) is 5.76 Å². The molecule has 0 bridgehead atoms. The van der Waals surface area contributed by atoms with Gasteiger partial charge in [0.05, 0.1) is 13.7 Å². The van der Waals surface area contributed by atoms with Crippen LogP contribution in [0.2, 0.25) is 0 Å². The number of benzene rings is 1. The number of aromatic nitrogens is 1. The molecule has 0 aliphatic heterocycles. The molecule has 2 atom stereocenters. The lowest BCUT2D eigenvalue weighted by Gasteiger charge is -1.97. The van der Waals surface area contributed by atoms with Crippen molar-refractivity contribution in [3.05, 3.63) is 53.2 Å². The smallest absolute Gasteiger partial charge is 0.376 e. The van der Waals surface area contributed by atoms with Crippen LogP contribution in [0.25, 0.3) is 0 Å². The van der Waals surface area contributed by atoms with Gasteiger partial charge in [0, 0.05) is 13.0 Å². The van der Waals surface area contributed by atoms with Gasteiger partial charge in [-0.25, -0.2) is 9.78 Å². The highest BCUT2D eigenvalue weighted by molar-refractivity contribution is 5.87. The molecule has 1 aromatic heterocycles. The fourth-order valence-electron chi connectivity index (χ4n) is 2.55. The molecule has 1 aromatic carbocycles. The van der Waals surface area contributed by atoms with Crippen molar-refractivity contribution in [2.45, 2.75) is 24.9 Å². The largest absolute Gasteiger partial charge is 0.463 e. The van der Waals surface area contributed by atoms with Crippen LogP contribution < -0.4 is 0 Å². The molecule has 1 saturated carbocycles. The molecule has 21 heavy (non-hydrogen) atoms. The zero-order valence-corrected chi connectivity index (χ0v) is 12.0. The van der Waals surface area contributed by atoms with Gasteiger partial charge in [-0.2, -0.15) is 0 Å². The topological polar surface area (TPSA) is 61.6 Å². The third kappa shape index (κ3) is 2.69. The van der Waals surface area contributed by atoms with E-state index < -0.39 is 5.97 Å². The number of carbonyl (C=O) groups excluding carboxylic acids is 1. The number of ether oxygens (including phenoxy) is 2. The van der Waals surface area contributed by atoms with Crippen molar-refractivity contribution in [3.63, 3.8) is 0 Å². The summed E-state index contributed by atoms with van der Waals surface area (Å²) in [4.78, 5) is 16.1. The van der Waals surface area contributed by atoms with Gasteiger partial charge in [-0.05, 0) is 17.9 Å². The first kappa shape index (κ1) is 13.8. The summed E-state index contributed by atoms with van der Waals surface area (Å²) in [6, 6.07) is 10.3. The van der Waals surface area contributed by atoms with Gasteiger partial charge in [0.25, 0.3) is 0 Å². The molecule has 0 amide bonds. The molecule has 0 radical (unpaired) electrons. The van der Waals surface area contributed by atoms with E-state index in [0.717, 1.165) is 6.42 Å². The quantitative estimate of drug-likeness (QED) is 0.791. The molecule has 2 unspecified atom stereocenters. The van der Waals surface area contributed by atoms with Crippen molar-refractivity contribution in [1.29, 1.82) is 0 Å². The predicted octanol–water partition coefficient (Wildman–Crippen LogP) is 2.88. The average molecular weight is 287 g/mol. The second-order valence-corrected chi connectivity index (χ2v) is 5.11. The molecular weight excluding hydrogens is 270 g/mol. The summed E-state index contributed by atoms with van der Waals surface area (Å²) in [5.74, 6) is 0.856. The highest BCUT2D eigenvalue weighted by Crippen LogP contribution is 2.54. The Hall–Kier alpha value is -2.14. The molecule has 0 spiro atoms. The molecule has 0 saturated heterocycles. The van der Waals surface area contributed by atoms with Gasteiger partial charge in [-0.1, -0.05) is 30.3 Å². The number of methoxy groups -OCH3 is 2. The van der Waals surface area contributed by atoms with Gasteiger partial charge in [-0.3, -0.25) is 0 Å². The summed E-state index contributed by atoms with van der Waals surface area (Å²) in [6.07, 6.45) is 0.984. The van der Waals surface area contributed by atoms with Crippen LogP contribution >= 0.6 is 0 Å². The molecule has 3 rings (SSSR count). The molecular formula is C16H17NO4. The normalized spacial score (nSPS) is 20.3. The Morgan fingerprint density at radius 1 is 1.29 bits per heavy atom. The maximum atomic E-state index is 11.7. The lowest BCUT2D eigenvalue weighted by atomic mass is 10.1. The van der Waals surface area contributed by atoms with Crippen LogP contribution in [-0.4, -0.2) is 25.2 Å². The third-order valence-electron chi connectivity index (χ3n) is 3.70. The molecule has 5 nitrogen and oxygen atoms in total. The Bertz CT molecular complexity index is 635. The predicted molar refractivity (Wildman–Crippen MR) is 75.1 cm³/mol. The van der Waals surface area contributed by atoms with E-state index in [1.165, 1.54) is 12.7 Å². The van der Waals surface area contributed by atoms with Crippen LogP contribution in [0, 0.1) is 0 Å². The monoisotopic (exact) mass is 287 g/mol. The van der Waals surface area contributed by atoms with E-state index in [1.807, 2.05) is 18.2 Å². The second-order valence-electron chi connectivity index (χ2n) is 5.11. The maximum absolute atomic E-state index is 11.7. The van der Waals surface area contributed by atoms with Crippen molar-refractivity contribution >= 4 is 5.97 Å². The van der Waals surface area contributed by atoms with Crippen molar-refractivity contribution in [1.82, 2.24) is 4.98 Å². The van der Waals surface area contributed by atoms with Crippen LogP contribution in [-0.2, 0) is 16.1 Å². The van der Waals surface area contributed by atoms with Crippen LogP contribution in [0.15, 0.2) is 34.7 Å². The summed E-state index contributed by atoms with van der Waals surface area (Å²) in [7, 11) is 2.88. The summed E-state index contributed by atoms with van der Waals surface area (Å²) in [6.45, 7) is 0.233. The summed E-state index contributed by atoms with van der Waals surface area (Å²) in [5, 5.41) is 0. The Morgan fingerprint density at radius 2 is 2.05 bits per heavy atom. The molecule has 5 heteroatoms. The molecule has 110 valence electrons. The highest BCUT2D eigenvalue weighted by atomic mass is 16.5. The summed E-state index contributed by atoms with van der Waals surface area (Å²) in [5.41, 5.74) is 1.77. The van der Waals surface area contributed by atoms with Crippen molar-refractivity contribution in [2.24, 2.45) is 0 Å². The van der Waals surface area contributed by atoms with Crippen LogP contribution in [0.4, 0.5) is 0 Å². The minimum atomic E-state index is -0.516. The number of hydrogen-bond acceptors (Lipinski definition) is 5. The van der Waals surface area contributed by atoms with E-state index in [9.17, 15) is 4.79 Å². The molecule has 1 aliphatic rings. The van der Waals surface area contributed by atoms with Gasteiger partial charge in [0.1, 0.15) is 5.69 Å². The van der Waals surface area contributed by atoms with E-state index >= 15 is 0 Å². The number of carbonyl (C=O) groups is 1. The van der Waals surface area contributed by atoms with Crippen molar-refractivity contribution in [3.8, 4) is 0 Å². The number of esters is 1. The Kier molecular flexibility index (Phi) is 3.75. The standard InChI is InChI=1S/C16H17NO4/c1-19-9-13-14(16(18)20-2)21-15(17-13)12-8-11(12)10-6-4-3-5-7-10/h3-7,11-12H,8-9H2,1-2H3. The van der Waals surface area contributed by atoms with Crippen LogP contribution in [0.5, 0.6) is 0 Å². The number of hydrogen-bond donors (Lipinski definition) is 0. The lowest BCUT2D eigenvalue weighted by Crippen LogP contribution is -2.04. The van der Waals surface area contributed by atoms with E-state index in [-0.39, 0.29) is 18.3 Å². The molecule has 1 heterocycles. The van der Waals surface area contributed by atoms with Gasteiger partial charge in [0.15, 0.2) is 5.89 Å². The molecule has 2 aromatic rings. The highest BCUT2D eigenvalue weighted by Gasteiger charge is 2.44. The summed E-state index contributed by atoms with van der Waals surface area (Å²) < 4.78 is 15.4. The Labute approximate surface area is 122 Å². The maximum Gasteiger partial charge on any atom is 0.376 e. The minimum Gasteiger partial charge on any atom is -0.463 e. The van der Waals surface area contributed by atoms with Crippen molar-refractivity contribution < 1.29 is 18.7 Å². The van der Waals surface area contributed by atoms with Gasteiger partial charge >= 0.3 is 5.97 Å². The van der Waals surface area contributed by atoms with E-state index in [1.54, 1.807) is 7.11 Å². The minimum absolute atomic E-state index is 0.146. The van der Waals surface area contributed by atoms with E-state index in [2.05, 4.69) is 17.1 Å². The SMILES string of the molecule is COCc1nc(C2CC2c2ccccc2)oc1C(=O)OC. The average Bonchev–Trinajstić information content (AvgIpc) is 3.22. The van der Waals surface area contributed by atoms with Gasteiger partial charge < -0.3 is 13.9 Å². The van der Waals surface area contributed by atoms with Crippen LogP contribution in [0.1, 0.15) is 46.0 Å². The van der Waals surface area contributed by atoms with Crippen LogP contribution in [0.3, 0.4) is 0 Å². The zero-order valence-electron chi connectivity index (χ0n) is 12.0. The fourth-order valence-corrected chi connectivity index (χ4v) is 2.55. The third-order valence-corrected chi connectivity index (χ3v) is 3.70. The molecule has 1 fully saturated rings. The fraction of sp³-hybridized carbons (Fsp3) is 0.375. The first-order valence-electron chi connectivity index (χ1n) is 6.86. The number of rotatable bonds is 5. The second kappa shape index (κ2) is 5.69. The number of oxazole rings is 1. The lowest BCUT2D eigenvalue weighted by molar-refractivity contribution is 0.0556. The summed E-state index contributed by atoms with van der Waals surface area (Å²) >= 11 is 0. The molecule has 1 aliphatic carbocycles. The first-order chi connectivity index (χ1) is 10.2. The van der Waals surface area contributed by atoms with Gasteiger partial charge in [-0.15, -0.1) is 0 Å². The first-order valence-corrected chi connectivity index (χ1v) is 6.86. The van der Waals surface area contributed by atoms with E-state index in [4.69, 9.17) is 13.9 Å². The Balaban J connectivity index is 1.82. The Morgan fingerprint density at radius 3 is 2.71 bits per heavy atom.